The summed E-state index contributed by atoms with van der Waals surface area (Å²) in [6, 6.07) is 12.1. The molecule has 0 aromatic heterocycles. The maximum absolute atomic E-state index is 13.3. The average Bonchev–Trinajstić information content (AvgIpc) is 2.80. The third-order valence-corrected chi connectivity index (χ3v) is 7.90. The standard InChI is InChI=1S/C27H32Cl2FN3O2/c1-19(34)32-17-22(18-32)27(35)33(24-7-8-25(28)26(29)16-24)12-2-11-31-13-9-21(10-14-31)15-20-3-5-23(30)6-4-20/h3-8,16,21-22H,2,9-15,17-18H2,1H3. The number of anilines is 1. The van der Waals surface area contributed by atoms with E-state index >= 15 is 0 Å². The summed E-state index contributed by atoms with van der Waals surface area (Å²) in [5.41, 5.74) is 1.93. The van der Waals surface area contributed by atoms with Crippen molar-refractivity contribution in [2.24, 2.45) is 11.8 Å². The lowest BCUT2D eigenvalue weighted by Gasteiger charge is -2.40. The highest BCUT2D eigenvalue weighted by atomic mass is 35.5. The van der Waals surface area contributed by atoms with Crippen molar-refractivity contribution < 1.29 is 14.0 Å². The zero-order chi connectivity index (χ0) is 24.9. The van der Waals surface area contributed by atoms with E-state index in [2.05, 4.69) is 4.90 Å². The summed E-state index contributed by atoms with van der Waals surface area (Å²) in [6.45, 7) is 6.02. The van der Waals surface area contributed by atoms with Crippen LogP contribution in [0.25, 0.3) is 0 Å². The molecule has 5 nitrogen and oxygen atoms in total. The second kappa shape index (κ2) is 11.7. The van der Waals surface area contributed by atoms with Crippen LogP contribution in [0.15, 0.2) is 42.5 Å². The molecule has 0 saturated carbocycles. The largest absolute Gasteiger partial charge is 0.341 e. The van der Waals surface area contributed by atoms with Gasteiger partial charge in [-0.1, -0.05) is 35.3 Å². The first-order chi connectivity index (χ1) is 16.8. The van der Waals surface area contributed by atoms with Gasteiger partial charge in [-0.05, 0) is 87.1 Å². The lowest BCUT2D eigenvalue weighted by atomic mass is 9.90. The van der Waals surface area contributed by atoms with E-state index in [4.69, 9.17) is 23.2 Å². The molecule has 0 spiro atoms. The van der Waals surface area contributed by atoms with Gasteiger partial charge in [0.2, 0.25) is 11.8 Å². The van der Waals surface area contributed by atoms with E-state index in [1.165, 1.54) is 24.6 Å². The van der Waals surface area contributed by atoms with Gasteiger partial charge in [-0.15, -0.1) is 0 Å². The number of likely N-dealkylation sites (tertiary alicyclic amines) is 2. The summed E-state index contributed by atoms with van der Waals surface area (Å²) in [7, 11) is 0. The summed E-state index contributed by atoms with van der Waals surface area (Å²) in [6.07, 6.45) is 4.08. The van der Waals surface area contributed by atoms with Gasteiger partial charge in [-0.2, -0.15) is 0 Å². The Balaban J connectivity index is 1.29. The van der Waals surface area contributed by atoms with Crippen molar-refractivity contribution in [2.75, 3.05) is 44.2 Å². The predicted molar refractivity (Wildman–Crippen MR) is 138 cm³/mol. The summed E-state index contributed by atoms with van der Waals surface area (Å²) < 4.78 is 13.1. The van der Waals surface area contributed by atoms with E-state index in [0.29, 0.717) is 35.6 Å². The molecule has 2 amide bonds. The van der Waals surface area contributed by atoms with E-state index in [0.717, 1.165) is 51.0 Å². The first kappa shape index (κ1) is 25.9. The van der Waals surface area contributed by atoms with Crippen LogP contribution in [0.4, 0.5) is 10.1 Å². The van der Waals surface area contributed by atoms with Gasteiger partial charge in [-0.3, -0.25) is 9.59 Å². The number of nitrogens with zero attached hydrogens (tertiary/aromatic N) is 3. The number of rotatable bonds is 8. The van der Waals surface area contributed by atoms with Crippen LogP contribution >= 0.6 is 23.2 Å². The Labute approximate surface area is 216 Å². The molecule has 0 atom stereocenters. The van der Waals surface area contributed by atoms with Crippen LogP contribution in [-0.4, -0.2) is 60.9 Å². The quantitative estimate of drug-likeness (QED) is 0.475. The third kappa shape index (κ3) is 6.75. The van der Waals surface area contributed by atoms with Crippen LogP contribution < -0.4 is 4.90 Å². The van der Waals surface area contributed by atoms with Crippen molar-refractivity contribution in [1.29, 1.82) is 0 Å². The van der Waals surface area contributed by atoms with Crippen molar-refractivity contribution in [3.63, 3.8) is 0 Å². The Morgan fingerprint density at radius 3 is 2.34 bits per heavy atom. The number of hydrogen-bond donors (Lipinski definition) is 0. The number of halogens is 3. The van der Waals surface area contributed by atoms with Crippen molar-refractivity contribution in [2.45, 2.75) is 32.6 Å². The maximum Gasteiger partial charge on any atom is 0.233 e. The highest BCUT2D eigenvalue weighted by Crippen LogP contribution is 2.30. The van der Waals surface area contributed by atoms with E-state index < -0.39 is 0 Å². The molecule has 4 rings (SSSR count). The first-order valence-electron chi connectivity index (χ1n) is 12.3. The molecular weight excluding hydrogens is 488 g/mol. The molecular formula is C27H32Cl2FN3O2. The molecule has 2 aromatic carbocycles. The number of hydrogen-bond acceptors (Lipinski definition) is 3. The van der Waals surface area contributed by atoms with Gasteiger partial charge in [0, 0.05) is 32.2 Å². The molecule has 188 valence electrons. The Morgan fingerprint density at radius 1 is 1.03 bits per heavy atom. The van der Waals surface area contributed by atoms with Gasteiger partial charge in [0.05, 0.1) is 16.0 Å². The number of piperidine rings is 1. The minimum Gasteiger partial charge on any atom is -0.341 e. The molecule has 0 radical (unpaired) electrons. The molecule has 0 N–H and O–H groups in total. The van der Waals surface area contributed by atoms with Gasteiger partial charge in [0.25, 0.3) is 0 Å². The number of benzene rings is 2. The molecule has 2 aromatic rings. The minimum absolute atomic E-state index is 0.00188. The molecule has 0 bridgehead atoms. The van der Waals surface area contributed by atoms with Gasteiger partial charge in [0.15, 0.2) is 0 Å². The van der Waals surface area contributed by atoms with Crippen LogP contribution in [-0.2, 0) is 16.0 Å². The normalized spacial score (nSPS) is 17.3. The Kier molecular flexibility index (Phi) is 8.68. The van der Waals surface area contributed by atoms with E-state index in [1.54, 1.807) is 21.9 Å². The number of carbonyl (C=O) groups excluding carboxylic acids is 2. The van der Waals surface area contributed by atoms with Crippen LogP contribution in [0, 0.1) is 17.7 Å². The average molecular weight is 520 g/mol. The molecule has 2 heterocycles. The molecule has 0 unspecified atom stereocenters. The number of carbonyl (C=O) groups is 2. The van der Waals surface area contributed by atoms with Crippen molar-refractivity contribution >= 4 is 40.7 Å². The molecule has 8 heteroatoms. The van der Waals surface area contributed by atoms with Crippen molar-refractivity contribution in [3.8, 4) is 0 Å². The summed E-state index contributed by atoms with van der Waals surface area (Å²) in [4.78, 5) is 30.8. The molecule has 35 heavy (non-hydrogen) atoms. The fourth-order valence-electron chi connectivity index (χ4n) is 4.95. The van der Waals surface area contributed by atoms with Gasteiger partial charge >= 0.3 is 0 Å². The smallest absolute Gasteiger partial charge is 0.233 e. The molecule has 2 saturated heterocycles. The van der Waals surface area contributed by atoms with Crippen LogP contribution in [0.3, 0.4) is 0 Å². The summed E-state index contributed by atoms with van der Waals surface area (Å²) in [5, 5.41) is 0.877. The van der Waals surface area contributed by atoms with Crippen molar-refractivity contribution in [1.82, 2.24) is 9.80 Å². The third-order valence-electron chi connectivity index (χ3n) is 7.16. The maximum atomic E-state index is 13.3. The monoisotopic (exact) mass is 519 g/mol. The highest BCUT2D eigenvalue weighted by molar-refractivity contribution is 6.42. The van der Waals surface area contributed by atoms with Gasteiger partial charge in [-0.25, -0.2) is 4.39 Å². The van der Waals surface area contributed by atoms with Gasteiger partial charge in [0.1, 0.15) is 5.82 Å². The van der Waals surface area contributed by atoms with E-state index in [-0.39, 0.29) is 23.5 Å². The van der Waals surface area contributed by atoms with Gasteiger partial charge < -0.3 is 14.7 Å². The second-order valence-corrected chi connectivity index (χ2v) is 10.5. The lowest BCUT2D eigenvalue weighted by Crippen LogP contribution is -2.56. The summed E-state index contributed by atoms with van der Waals surface area (Å²) >= 11 is 12.3. The van der Waals surface area contributed by atoms with Crippen LogP contribution in [0.1, 0.15) is 31.7 Å². The Bertz CT molecular complexity index is 1040. The Morgan fingerprint density at radius 2 is 1.71 bits per heavy atom. The number of amides is 2. The SMILES string of the molecule is CC(=O)N1CC(C(=O)N(CCCN2CCC(Cc3ccc(F)cc3)CC2)c2ccc(Cl)c(Cl)c2)C1. The zero-order valence-corrected chi connectivity index (χ0v) is 21.6. The van der Waals surface area contributed by atoms with Crippen LogP contribution in [0.2, 0.25) is 10.0 Å². The van der Waals surface area contributed by atoms with E-state index in [9.17, 15) is 14.0 Å². The van der Waals surface area contributed by atoms with E-state index in [1.807, 2.05) is 18.2 Å². The van der Waals surface area contributed by atoms with Crippen molar-refractivity contribution in [3.05, 3.63) is 63.9 Å². The molecule has 2 aliphatic heterocycles. The topological polar surface area (TPSA) is 43.9 Å². The fraction of sp³-hybridized carbons (Fsp3) is 0.481. The zero-order valence-electron chi connectivity index (χ0n) is 20.1. The highest BCUT2D eigenvalue weighted by Gasteiger charge is 2.37. The Hall–Kier alpha value is -2.15. The second-order valence-electron chi connectivity index (χ2n) is 9.68. The first-order valence-corrected chi connectivity index (χ1v) is 13.0. The minimum atomic E-state index is -0.189. The lowest BCUT2D eigenvalue weighted by molar-refractivity contribution is -0.140. The summed E-state index contributed by atoms with van der Waals surface area (Å²) in [5.74, 6) is 0.270. The fourth-order valence-corrected chi connectivity index (χ4v) is 5.24. The molecule has 2 aliphatic rings. The molecule has 0 aliphatic carbocycles. The molecule has 2 fully saturated rings. The van der Waals surface area contributed by atoms with Crippen LogP contribution in [0.5, 0.6) is 0 Å². The predicted octanol–water partition coefficient (Wildman–Crippen LogP) is 5.29.